The van der Waals surface area contributed by atoms with E-state index in [0.717, 1.165) is 41.4 Å². The van der Waals surface area contributed by atoms with Crippen molar-refractivity contribution in [3.8, 4) is 5.75 Å². The van der Waals surface area contributed by atoms with Gasteiger partial charge in [0, 0.05) is 37.1 Å². The van der Waals surface area contributed by atoms with E-state index in [-0.39, 0.29) is 0 Å². The largest absolute Gasteiger partial charge is 0.497 e. The van der Waals surface area contributed by atoms with Crippen molar-refractivity contribution >= 4 is 33.9 Å². The summed E-state index contributed by atoms with van der Waals surface area (Å²) in [6, 6.07) is 8.28. The van der Waals surface area contributed by atoms with E-state index in [1.165, 1.54) is 5.69 Å². The molecule has 7 heteroatoms. The van der Waals surface area contributed by atoms with Gasteiger partial charge in [-0.1, -0.05) is 36.9 Å². The molecule has 0 aliphatic carbocycles. The second-order valence-electron chi connectivity index (χ2n) is 5.69. The Labute approximate surface area is 145 Å². The summed E-state index contributed by atoms with van der Waals surface area (Å²) >= 11 is 3.48. The van der Waals surface area contributed by atoms with Crippen molar-refractivity contribution in [2.75, 3.05) is 43.1 Å². The maximum atomic E-state index is 5.22. The van der Waals surface area contributed by atoms with Crippen LogP contribution in [0.2, 0.25) is 0 Å². The van der Waals surface area contributed by atoms with Gasteiger partial charge >= 0.3 is 0 Å². The van der Waals surface area contributed by atoms with Crippen LogP contribution >= 0.6 is 23.1 Å². The summed E-state index contributed by atoms with van der Waals surface area (Å²) in [6.07, 6.45) is 0. The molecule has 2 aromatic rings. The van der Waals surface area contributed by atoms with Crippen molar-refractivity contribution in [2.24, 2.45) is 0 Å². The van der Waals surface area contributed by atoms with Crippen molar-refractivity contribution in [3.63, 3.8) is 0 Å². The van der Waals surface area contributed by atoms with Crippen LogP contribution < -0.4 is 14.5 Å². The Hall–Kier alpha value is -1.47. The van der Waals surface area contributed by atoms with Gasteiger partial charge in [0.1, 0.15) is 5.75 Å². The van der Waals surface area contributed by atoms with Gasteiger partial charge in [-0.05, 0) is 24.3 Å². The topological polar surface area (TPSA) is 41.5 Å². The minimum atomic E-state index is 0.544. The van der Waals surface area contributed by atoms with Crippen LogP contribution in [0.5, 0.6) is 5.75 Å². The van der Waals surface area contributed by atoms with Crippen LogP contribution in [0.1, 0.15) is 13.8 Å². The van der Waals surface area contributed by atoms with E-state index in [9.17, 15) is 0 Å². The summed E-state index contributed by atoms with van der Waals surface area (Å²) in [5.41, 5.74) is 1.25. The highest BCUT2D eigenvalue weighted by Gasteiger charge is 2.20. The summed E-state index contributed by atoms with van der Waals surface area (Å²) in [5, 5.41) is 10.2. The zero-order valence-electron chi connectivity index (χ0n) is 13.7. The van der Waals surface area contributed by atoms with Gasteiger partial charge in [-0.25, -0.2) is 0 Å². The number of rotatable bonds is 5. The lowest BCUT2D eigenvalue weighted by molar-refractivity contribution is 0.415. The Morgan fingerprint density at radius 2 is 1.70 bits per heavy atom. The lowest BCUT2D eigenvalue weighted by Crippen LogP contribution is -2.46. The van der Waals surface area contributed by atoms with E-state index < -0.39 is 0 Å². The summed E-state index contributed by atoms with van der Waals surface area (Å²) in [6.45, 7) is 8.32. The Morgan fingerprint density at radius 1 is 1.04 bits per heavy atom. The molecule has 1 aliphatic rings. The predicted molar refractivity (Wildman–Crippen MR) is 98.3 cm³/mol. The van der Waals surface area contributed by atoms with Crippen molar-refractivity contribution < 1.29 is 4.74 Å². The highest BCUT2D eigenvalue weighted by molar-refractivity contribution is 8.01. The van der Waals surface area contributed by atoms with Crippen LogP contribution in [0.15, 0.2) is 28.6 Å². The van der Waals surface area contributed by atoms with Crippen LogP contribution in [0.25, 0.3) is 0 Å². The zero-order valence-corrected chi connectivity index (χ0v) is 15.4. The first kappa shape index (κ1) is 16.4. The van der Waals surface area contributed by atoms with Gasteiger partial charge < -0.3 is 14.5 Å². The minimum absolute atomic E-state index is 0.544. The lowest BCUT2D eigenvalue weighted by atomic mass is 10.2. The highest BCUT2D eigenvalue weighted by Crippen LogP contribution is 2.31. The first-order valence-electron chi connectivity index (χ1n) is 7.80. The molecule has 1 saturated heterocycles. The maximum Gasteiger partial charge on any atom is 0.209 e. The number of aromatic nitrogens is 2. The molecule has 2 heterocycles. The van der Waals surface area contributed by atoms with E-state index in [1.807, 2.05) is 12.1 Å². The molecule has 1 fully saturated rings. The van der Waals surface area contributed by atoms with Gasteiger partial charge in [0.25, 0.3) is 0 Å². The van der Waals surface area contributed by atoms with Crippen molar-refractivity contribution in [1.82, 2.24) is 10.2 Å². The molecule has 0 amide bonds. The molecule has 23 heavy (non-hydrogen) atoms. The second kappa shape index (κ2) is 7.40. The molecule has 0 unspecified atom stereocenters. The standard InChI is InChI=1S/C16H22N4OS2/c1-12(2)22-16-18-17-15(23-16)20-10-8-19(9-11-20)13-4-6-14(21-3)7-5-13/h4-7,12H,8-11H2,1-3H3. The average Bonchev–Trinajstić information content (AvgIpc) is 3.03. The minimum Gasteiger partial charge on any atom is -0.497 e. The Kier molecular flexibility index (Phi) is 5.27. The summed E-state index contributed by atoms with van der Waals surface area (Å²) in [4.78, 5) is 4.74. The van der Waals surface area contributed by atoms with Crippen molar-refractivity contribution in [1.29, 1.82) is 0 Å². The van der Waals surface area contributed by atoms with E-state index in [0.29, 0.717) is 5.25 Å². The van der Waals surface area contributed by atoms with Crippen molar-refractivity contribution in [2.45, 2.75) is 23.4 Å². The molecule has 0 radical (unpaired) electrons. The van der Waals surface area contributed by atoms with E-state index in [1.54, 1.807) is 30.2 Å². The Morgan fingerprint density at radius 3 is 2.30 bits per heavy atom. The van der Waals surface area contributed by atoms with Crippen LogP contribution in [0, 0.1) is 0 Å². The number of nitrogens with zero attached hydrogens (tertiary/aromatic N) is 4. The number of thioether (sulfide) groups is 1. The summed E-state index contributed by atoms with van der Waals surface area (Å²) < 4.78 is 6.28. The molecular weight excluding hydrogens is 328 g/mol. The third-order valence-corrected chi connectivity index (χ3v) is 5.79. The molecule has 0 bridgehead atoms. The molecule has 0 spiro atoms. The number of piperazine rings is 1. The van der Waals surface area contributed by atoms with Gasteiger partial charge in [-0.2, -0.15) is 0 Å². The fourth-order valence-corrected chi connectivity index (χ4v) is 4.64. The van der Waals surface area contributed by atoms with Crippen LogP contribution in [0.3, 0.4) is 0 Å². The number of benzene rings is 1. The number of anilines is 2. The smallest absolute Gasteiger partial charge is 0.209 e. The number of methoxy groups -OCH3 is 1. The van der Waals surface area contributed by atoms with Gasteiger partial charge in [-0.3, -0.25) is 0 Å². The molecule has 124 valence electrons. The van der Waals surface area contributed by atoms with Gasteiger partial charge in [0.15, 0.2) is 4.34 Å². The van der Waals surface area contributed by atoms with E-state index >= 15 is 0 Å². The average molecular weight is 351 g/mol. The van der Waals surface area contributed by atoms with Gasteiger partial charge in [0.05, 0.1) is 7.11 Å². The number of ether oxygens (including phenoxy) is 1. The molecule has 1 aromatic carbocycles. The molecule has 1 aliphatic heterocycles. The van der Waals surface area contributed by atoms with Gasteiger partial charge in [-0.15, -0.1) is 10.2 Å². The molecular formula is C16H22N4OS2. The predicted octanol–water partition coefficient (Wildman–Crippen LogP) is 3.37. The van der Waals surface area contributed by atoms with Crippen LogP contribution in [0.4, 0.5) is 10.8 Å². The summed E-state index contributed by atoms with van der Waals surface area (Å²) in [7, 11) is 1.70. The Balaban J connectivity index is 1.58. The second-order valence-corrected chi connectivity index (χ2v) is 8.47. The van der Waals surface area contributed by atoms with Crippen LogP contribution in [-0.2, 0) is 0 Å². The molecule has 3 rings (SSSR count). The van der Waals surface area contributed by atoms with Gasteiger partial charge in [0.2, 0.25) is 5.13 Å². The molecule has 0 N–H and O–H groups in total. The maximum absolute atomic E-state index is 5.22. The fraction of sp³-hybridized carbons (Fsp3) is 0.500. The molecule has 0 saturated carbocycles. The Bertz CT molecular complexity index is 621. The third-order valence-electron chi connectivity index (χ3n) is 3.72. The normalized spacial score (nSPS) is 15.3. The highest BCUT2D eigenvalue weighted by atomic mass is 32.2. The van der Waals surface area contributed by atoms with Crippen LogP contribution in [-0.4, -0.2) is 48.7 Å². The fourth-order valence-electron chi connectivity index (χ4n) is 2.53. The molecule has 1 aromatic heterocycles. The quantitative estimate of drug-likeness (QED) is 0.770. The monoisotopic (exact) mass is 350 g/mol. The van der Waals surface area contributed by atoms with E-state index in [2.05, 4.69) is 46.0 Å². The SMILES string of the molecule is COc1ccc(N2CCN(c3nnc(SC(C)C)s3)CC2)cc1. The zero-order chi connectivity index (χ0) is 16.2. The third kappa shape index (κ3) is 4.09. The first-order chi connectivity index (χ1) is 11.2. The first-order valence-corrected chi connectivity index (χ1v) is 9.49. The summed E-state index contributed by atoms with van der Waals surface area (Å²) in [5.74, 6) is 0.899. The number of hydrogen-bond donors (Lipinski definition) is 0. The van der Waals surface area contributed by atoms with E-state index in [4.69, 9.17) is 4.74 Å². The molecule has 0 atom stereocenters. The lowest BCUT2D eigenvalue weighted by Gasteiger charge is -2.35. The number of hydrogen-bond acceptors (Lipinski definition) is 7. The van der Waals surface area contributed by atoms with Crippen molar-refractivity contribution in [3.05, 3.63) is 24.3 Å². The molecule has 5 nitrogen and oxygen atoms in total.